The van der Waals surface area contributed by atoms with E-state index in [1.54, 1.807) is 24.3 Å². The molecule has 1 N–H and O–H groups in total. The van der Waals surface area contributed by atoms with Crippen molar-refractivity contribution in [1.29, 1.82) is 0 Å². The van der Waals surface area contributed by atoms with Crippen LogP contribution in [0.25, 0.3) is 0 Å². The number of benzene rings is 1. The second-order valence-corrected chi connectivity index (χ2v) is 6.85. The van der Waals surface area contributed by atoms with Gasteiger partial charge in [-0.15, -0.1) is 0 Å². The van der Waals surface area contributed by atoms with E-state index < -0.39 is 0 Å². The van der Waals surface area contributed by atoms with E-state index in [1.165, 1.54) is 16.7 Å². The Labute approximate surface area is 138 Å². The molecule has 2 amide bonds. The second kappa shape index (κ2) is 7.24. The smallest absolute Gasteiger partial charge is 0.241 e. The van der Waals surface area contributed by atoms with Crippen molar-refractivity contribution in [2.24, 2.45) is 0 Å². The number of amides is 2. The number of nitrogens with one attached hydrogen (secondary N) is 1. The molecule has 0 bridgehead atoms. The van der Waals surface area contributed by atoms with Crippen molar-refractivity contribution in [3.63, 3.8) is 0 Å². The highest BCUT2D eigenvalue weighted by atomic mass is 35.5. The standard InChI is InChI=1S/C14H15ClN2O2S2/c1-2-11-13(19)17(14(20)21-11)7-6-12(18)16-10-5-3-4-9(15)8-10/h3-5,8,11H,2,6-7H2,1H3,(H,16,18). The third-order valence-electron chi connectivity index (χ3n) is 3.05. The molecule has 1 aliphatic heterocycles. The molecule has 1 fully saturated rings. The van der Waals surface area contributed by atoms with E-state index in [2.05, 4.69) is 5.32 Å². The molecule has 0 spiro atoms. The van der Waals surface area contributed by atoms with Crippen molar-refractivity contribution in [3.8, 4) is 0 Å². The third kappa shape index (κ3) is 4.18. The van der Waals surface area contributed by atoms with Crippen LogP contribution in [-0.4, -0.2) is 32.8 Å². The van der Waals surface area contributed by atoms with E-state index in [9.17, 15) is 9.59 Å². The Morgan fingerprint density at radius 3 is 2.90 bits per heavy atom. The van der Waals surface area contributed by atoms with Crippen LogP contribution in [0.4, 0.5) is 5.69 Å². The van der Waals surface area contributed by atoms with E-state index in [4.69, 9.17) is 23.8 Å². The van der Waals surface area contributed by atoms with Gasteiger partial charge in [0.05, 0.1) is 5.25 Å². The van der Waals surface area contributed by atoms with Gasteiger partial charge in [0.1, 0.15) is 4.32 Å². The van der Waals surface area contributed by atoms with Crippen molar-refractivity contribution in [3.05, 3.63) is 29.3 Å². The maximum absolute atomic E-state index is 12.0. The fourth-order valence-corrected chi connectivity index (χ4v) is 3.63. The summed E-state index contributed by atoms with van der Waals surface area (Å²) in [5, 5.41) is 3.21. The number of nitrogens with zero attached hydrogens (tertiary/aromatic N) is 1. The molecule has 0 aliphatic carbocycles. The van der Waals surface area contributed by atoms with Gasteiger partial charge in [0.15, 0.2) is 0 Å². The zero-order chi connectivity index (χ0) is 15.4. The molecule has 112 valence electrons. The van der Waals surface area contributed by atoms with Crippen LogP contribution < -0.4 is 5.32 Å². The first kappa shape index (κ1) is 16.3. The van der Waals surface area contributed by atoms with Gasteiger partial charge in [-0.05, 0) is 24.6 Å². The summed E-state index contributed by atoms with van der Waals surface area (Å²) in [6.07, 6.45) is 0.949. The predicted octanol–water partition coefficient (Wildman–Crippen LogP) is 3.31. The Morgan fingerprint density at radius 2 is 2.29 bits per heavy atom. The Morgan fingerprint density at radius 1 is 1.52 bits per heavy atom. The molecule has 1 atom stereocenters. The average Bonchev–Trinajstić information content (AvgIpc) is 2.71. The number of rotatable bonds is 5. The molecule has 2 rings (SSSR count). The lowest BCUT2D eigenvalue weighted by atomic mass is 10.2. The zero-order valence-electron chi connectivity index (χ0n) is 11.5. The summed E-state index contributed by atoms with van der Waals surface area (Å²) in [6.45, 7) is 2.26. The van der Waals surface area contributed by atoms with Gasteiger partial charge in [-0.25, -0.2) is 0 Å². The zero-order valence-corrected chi connectivity index (χ0v) is 13.9. The Bertz CT molecular complexity index is 580. The lowest BCUT2D eigenvalue weighted by molar-refractivity contribution is -0.126. The van der Waals surface area contributed by atoms with Crippen molar-refractivity contribution in [2.45, 2.75) is 25.0 Å². The van der Waals surface area contributed by atoms with Gasteiger partial charge in [0.2, 0.25) is 11.8 Å². The summed E-state index contributed by atoms with van der Waals surface area (Å²) in [5.74, 6) is -0.166. The number of halogens is 1. The van der Waals surface area contributed by atoms with Gasteiger partial charge in [0.25, 0.3) is 0 Å². The number of carbonyl (C=O) groups excluding carboxylic acids is 2. The van der Waals surface area contributed by atoms with Crippen LogP contribution in [-0.2, 0) is 9.59 Å². The summed E-state index contributed by atoms with van der Waals surface area (Å²) in [5.41, 5.74) is 0.642. The normalized spacial score (nSPS) is 18.2. The number of carbonyl (C=O) groups is 2. The lowest BCUT2D eigenvalue weighted by Gasteiger charge is -2.15. The van der Waals surface area contributed by atoms with Crippen molar-refractivity contribution in [1.82, 2.24) is 4.90 Å². The summed E-state index contributed by atoms with van der Waals surface area (Å²) in [4.78, 5) is 25.5. The van der Waals surface area contributed by atoms with E-state index in [0.717, 1.165) is 6.42 Å². The fourth-order valence-electron chi connectivity index (χ4n) is 1.96. The highest BCUT2D eigenvalue weighted by Crippen LogP contribution is 2.29. The van der Waals surface area contributed by atoms with E-state index >= 15 is 0 Å². The molecule has 1 unspecified atom stereocenters. The molecule has 7 heteroatoms. The Hall–Kier alpha value is -1.11. The number of hydrogen-bond donors (Lipinski definition) is 1. The maximum atomic E-state index is 12.0. The molecule has 1 heterocycles. The molecule has 4 nitrogen and oxygen atoms in total. The van der Waals surface area contributed by atoms with Crippen LogP contribution in [0, 0.1) is 0 Å². The fraction of sp³-hybridized carbons (Fsp3) is 0.357. The summed E-state index contributed by atoms with van der Waals surface area (Å²) in [6, 6.07) is 6.94. The molecule has 1 aromatic rings. The van der Waals surface area contributed by atoms with Gasteiger partial charge >= 0.3 is 0 Å². The first-order valence-corrected chi connectivity index (χ1v) is 8.25. The minimum atomic E-state index is -0.169. The minimum Gasteiger partial charge on any atom is -0.326 e. The average molecular weight is 343 g/mol. The largest absolute Gasteiger partial charge is 0.326 e. The third-order valence-corrected chi connectivity index (χ3v) is 5.03. The summed E-state index contributed by atoms with van der Waals surface area (Å²) < 4.78 is 0.558. The Balaban J connectivity index is 1.87. The van der Waals surface area contributed by atoms with Crippen LogP contribution in [0.3, 0.4) is 0 Å². The lowest BCUT2D eigenvalue weighted by Crippen LogP contribution is -2.33. The molecule has 1 aliphatic rings. The second-order valence-electron chi connectivity index (χ2n) is 4.58. The molecule has 0 radical (unpaired) electrons. The van der Waals surface area contributed by atoms with E-state index in [1.807, 2.05) is 6.92 Å². The van der Waals surface area contributed by atoms with Gasteiger partial charge < -0.3 is 5.32 Å². The first-order chi connectivity index (χ1) is 10.0. The van der Waals surface area contributed by atoms with Crippen LogP contribution >= 0.6 is 35.6 Å². The van der Waals surface area contributed by atoms with Crippen LogP contribution in [0.1, 0.15) is 19.8 Å². The highest BCUT2D eigenvalue weighted by molar-refractivity contribution is 8.24. The van der Waals surface area contributed by atoms with Crippen molar-refractivity contribution >= 4 is 57.4 Å². The maximum Gasteiger partial charge on any atom is 0.241 e. The molecule has 0 aromatic heterocycles. The van der Waals surface area contributed by atoms with Crippen LogP contribution in [0.2, 0.25) is 5.02 Å². The van der Waals surface area contributed by atoms with Crippen molar-refractivity contribution in [2.75, 3.05) is 11.9 Å². The molecule has 1 aromatic carbocycles. The number of thioether (sulfide) groups is 1. The molecule has 0 saturated carbocycles. The highest BCUT2D eigenvalue weighted by Gasteiger charge is 2.35. The van der Waals surface area contributed by atoms with Gasteiger partial charge in [-0.3, -0.25) is 14.5 Å². The topological polar surface area (TPSA) is 49.4 Å². The first-order valence-electron chi connectivity index (χ1n) is 6.58. The van der Waals surface area contributed by atoms with Crippen molar-refractivity contribution < 1.29 is 9.59 Å². The summed E-state index contributed by atoms with van der Waals surface area (Å²) >= 11 is 12.4. The SMILES string of the molecule is CCC1SC(=S)N(CCC(=O)Nc2cccc(Cl)c2)C1=O. The van der Waals surface area contributed by atoms with Gasteiger partial charge in [0, 0.05) is 23.7 Å². The number of thiocarbonyl (C=S) groups is 1. The summed E-state index contributed by atoms with van der Waals surface area (Å²) in [7, 11) is 0. The number of hydrogen-bond acceptors (Lipinski definition) is 4. The Kier molecular flexibility index (Phi) is 5.61. The van der Waals surface area contributed by atoms with Gasteiger partial charge in [-0.1, -0.05) is 48.6 Å². The van der Waals surface area contributed by atoms with Gasteiger partial charge in [-0.2, -0.15) is 0 Å². The van der Waals surface area contributed by atoms with E-state index in [-0.39, 0.29) is 23.5 Å². The molecular weight excluding hydrogens is 328 g/mol. The molecular formula is C14H15ClN2O2S2. The molecule has 1 saturated heterocycles. The van der Waals surface area contributed by atoms with Crippen LogP contribution in [0.15, 0.2) is 24.3 Å². The minimum absolute atomic E-state index is 0.00283. The molecule has 21 heavy (non-hydrogen) atoms. The number of anilines is 1. The quantitative estimate of drug-likeness (QED) is 0.834. The predicted molar refractivity (Wildman–Crippen MR) is 90.7 cm³/mol. The monoisotopic (exact) mass is 342 g/mol. The van der Waals surface area contributed by atoms with E-state index in [0.29, 0.717) is 21.6 Å². The van der Waals surface area contributed by atoms with Crippen LogP contribution in [0.5, 0.6) is 0 Å².